The average molecular weight is 318 g/mol. The van der Waals surface area contributed by atoms with Crippen molar-refractivity contribution in [3.05, 3.63) is 29.8 Å². The molecular weight excluding hydrogens is 297 g/mol. The predicted octanol–water partition coefficient (Wildman–Crippen LogP) is 3.67. The number of alkyl halides is 2. The second kappa shape index (κ2) is 8.38. The van der Waals surface area contributed by atoms with Gasteiger partial charge in [-0.05, 0) is 44.4 Å². The van der Waals surface area contributed by atoms with Crippen LogP contribution in [0.15, 0.2) is 24.3 Å². The number of ether oxygens (including phenoxy) is 1. The van der Waals surface area contributed by atoms with Gasteiger partial charge in [-0.25, -0.2) is 0 Å². The molecule has 0 aliphatic rings. The van der Waals surface area contributed by atoms with Gasteiger partial charge in [0.1, 0.15) is 5.75 Å². The fourth-order valence-corrected chi connectivity index (χ4v) is 2.24. The van der Waals surface area contributed by atoms with Gasteiger partial charge >= 0.3 is 0 Å². The van der Waals surface area contributed by atoms with E-state index in [1.807, 2.05) is 38.1 Å². The molecule has 0 aliphatic carbocycles. The molecule has 0 N–H and O–H groups in total. The van der Waals surface area contributed by atoms with E-state index < -0.39 is 4.84 Å². The molecule has 1 rings (SSSR count). The van der Waals surface area contributed by atoms with Crippen molar-refractivity contribution in [3.63, 3.8) is 0 Å². The molecule has 3 nitrogen and oxygen atoms in total. The van der Waals surface area contributed by atoms with E-state index >= 15 is 0 Å². The van der Waals surface area contributed by atoms with E-state index in [-0.39, 0.29) is 11.9 Å². The van der Waals surface area contributed by atoms with E-state index in [0.717, 1.165) is 18.6 Å². The van der Waals surface area contributed by atoms with E-state index in [4.69, 9.17) is 27.9 Å². The minimum atomic E-state index is -0.988. The number of hydrogen-bond acceptors (Lipinski definition) is 2. The van der Waals surface area contributed by atoms with Gasteiger partial charge in [-0.1, -0.05) is 35.3 Å². The van der Waals surface area contributed by atoms with Gasteiger partial charge in [-0.3, -0.25) is 4.79 Å². The SMILES string of the molecule is COc1ccc(CCCN(C(=O)C(Cl)Cl)C(C)C)cc1. The fourth-order valence-electron chi connectivity index (χ4n) is 1.99. The summed E-state index contributed by atoms with van der Waals surface area (Å²) in [6.45, 7) is 4.57. The summed E-state index contributed by atoms with van der Waals surface area (Å²) in [6.07, 6.45) is 1.77. The van der Waals surface area contributed by atoms with Crippen LogP contribution in [-0.2, 0) is 11.2 Å². The molecule has 112 valence electrons. The summed E-state index contributed by atoms with van der Waals surface area (Å²) < 4.78 is 5.12. The fraction of sp³-hybridized carbons (Fsp3) is 0.533. The van der Waals surface area contributed by atoms with Gasteiger partial charge in [0, 0.05) is 12.6 Å². The highest BCUT2D eigenvalue weighted by Gasteiger charge is 2.22. The molecule has 0 bridgehead atoms. The number of rotatable bonds is 7. The van der Waals surface area contributed by atoms with Crippen molar-refractivity contribution in [2.24, 2.45) is 0 Å². The highest BCUT2D eigenvalue weighted by atomic mass is 35.5. The first-order chi connectivity index (χ1) is 9.45. The lowest BCUT2D eigenvalue weighted by Gasteiger charge is -2.27. The molecule has 0 aliphatic heterocycles. The number of methoxy groups -OCH3 is 1. The van der Waals surface area contributed by atoms with Gasteiger partial charge in [-0.15, -0.1) is 0 Å². The Morgan fingerprint density at radius 3 is 2.30 bits per heavy atom. The van der Waals surface area contributed by atoms with E-state index in [1.54, 1.807) is 12.0 Å². The minimum absolute atomic E-state index is 0.0957. The maximum Gasteiger partial charge on any atom is 0.256 e. The molecule has 0 saturated carbocycles. The molecule has 1 amide bonds. The van der Waals surface area contributed by atoms with Crippen LogP contribution in [0.3, 0.4) is 0 Å². The Hall–Kier alpha value is -0.930. The molecule has 20 heavy (non-hydrogen) atoms. The first-order valence-corrected chi connectivity index (χ1v) is 7.54. The monoisotopic (exact) mass is 317 g/mol. The van der Waals surface area contributed by atoms with Gasteiger partial charge < -0.3 is 9.64 Å². The highest BCUT2D eigenvalue weighted by molar-refractivity contribution is 6.53. The third-order valence-corrected chi connectivity index (χ3v) is 3.49. The third-order valence-electron chi connectivity index (χ3n) is 3.12. The van der Waals surface area contributed by atoms with Crippen molar-refractivity contribution in [2.75, 3.05) is 13.7 Å². The molecule has 0 radical (unpaired) electrons. The largest absolute Gasteiger partial charge is 0.497 e. The number of carbonyl (C=O) groups excluding carboxylic acids is 1. The molecule has 0 spiro atoms. The van der Waals surface area contributed by atoms with Gasteiger partial charge in [0.05, 0.1) is 7.11 Å². The first-order valence-electron chi connectivity index (χ1n) is 6.67. The van der Waals surface area contributed by atoms with Gasteiger partial charge in [0.25, 0.3) is 5.91 Å². The van der Waals surface area contributed by atoms with E-state index in [0.29, 0.717) is 6.54 Å². The molecule has 1 aromatic rings. The molecule has 0 saturated heterocycles. The normalized spacial score (nSPS) is 10.9. The summed E-state index contributed by atoms with van der Waals surface area (Å²) in [5, 5.41) is 0. The molecule has 0 fully saturated rings. The van der Waals surface area contributed by atoms with Crippen LogP contribution < -0.4 is 4.74 Å². The van der Waals surface area contributed by atoms with Gasteiger partial charge in [0.15, 0.2) is 4.84 Å². The third kappa shape index (κ3) is 5.22. The summed E-state index contributed by atoms with van der Waals surface area (Å²) in [6, 6.07) is 8.04. The number of amides is 1. The van der Waals surface area contributed by atoms with Crippen molar-refractivity contribution >= 4 is 29.1 Å². The summed E-state index contributed by atoms with van der Waals surface area (Å²) in [5.74, 6) is 0.623. The molecule has 0 atom stereocenters. The van der Waals surface area contributed by atoms with Crippen LogP contribution in [0.2, 0.25) is 0 Å². The summed E-state index contributed by atoms with van der Waals surface area (Å²) in [5.41, 5.74) is 1.22. The van der Waals surface area contributed by atoms with Crippen LogP contribution >= 0.6 is 23.2 Å². The molecular formula is C15H21Cl2NO2. The molecule has 1 aromatic carbocycles. The minimum Gasteiger partial charge on any atom is -0.497 e. The maximum atomic E-state index is 11.9. The van der Waals surface area contributed by atoms with Crippen molar-refractivity contribution in [3.8, 4) is 5.75 Å². The van der Waals surface area contributed by atoms with Crippen LogP contribution in [0.25, 0.3) is 0 Å². The van der Waals surface area contributed by atoms with Crippen molar-refractivity contribution in [1.82, 2.24) is 4.90 Å². The second-order valence-electron chi connectivity index (χ2n) is 4.88. The van der Waals surface area contributed by atoms with E-state index in [9.17, 15) is 4.79 Å². The zero-order chi connectivity index (χ0) is 15.1. The van der Waals surface area contributed by atoms with Crippen LogP contribution in [-0.4, -0.2) is 35.3 Å². The Bertz CT molecular complexity index is 418. The number of nitrogens with zero attached hydrogens (tertiary/aromatic N) is 1. The topological polar surface area (TPSA) is 29.5 Å². The van der Waals surface area contributed by atoms with Crippen LogP contribution in [0.1, 0.15) is 25.8 Å². The predicted molar refractivity (Wildman–Crippen MR) is 83.7 cm³/mol. The maximum absolute atomic E-state index is 11.9. The summed E-state index contributed by atoms with van der Waals surface area (Å²) in [7, 11) is 1.65. The zero-order valence-electron chi connectivity index (χ0n) is 12.1. The Kier molecular flexibility index (Phi) is 7.17. The lowest BCUT2D eigenvalue weighted by Crippen LogP contribution is -2.40. The summed E-state index contributed by atoms with van der Waals surface area (Å²) in [4.78, 5) is 12.6. The zero-order valence-corrected chi connectivity index (χ0v) is 13.6. The molecule has 5 heteroatoms. The van der Waals surface area contributed by atoms with Crippen molar-refractivity contribution in [1.29, 1.82) is 0 Å². The molecule has 0 aromatic heterocycles. The van der Waals surface area contributed by atoms with Crippen LogP contribution in [0.4, 0.5) is 0 Å². The van der Waals surface area contributed by atoms with E-state index in [1.165, 1.54) is 5.56 Å². The van der Waals surface area contributed by atoms with E-state index in [2.05, 4.69) is 0 Å². The standard InChI is InChI=1S/C15H21Cl2NO2/c1-11(2)18(15(19)14(16)17)10-4-5-12-6-8-13(20-3)9-7-12/h6-9,11,14H,4-5,10H2,1-3H3. The first kappa shape index (κ1) is 17.1. The Labute approximate surface area is 130 Å². The number of carbonyl (C=O) groups is 1. The quantitative estimate of drug-likeness (QED) is 0.718. The number of hydrogen-bond donors (Lipinski definition) is 0. The van der Waals surface area contributed by atoms with Gasteiger partial charge in [0.2, 0.25) is 0 Å². The molecule has 0 unspecified atom stereocenters. The van der Waals surface area contributed by atoms with Crippen LogP contribution in [0.5, 0.6) is 5.75 Å². The lowest BCUT2D eigenvalue weighted by molar-refractivity contribution is -0.131. The Morgan fingerprint density at radius 1 is 1.25 bits per heavy atom. The smallest absolute Gasteiger partial charge is 0.256 e. The Balaban J connectivity index is 2.49. The van der Waals surface area contributed by atoms with Crippen molar-refractivity contribution < 1.29 is 9.53 Å². The highest BCUT2D eigenvalue weighted by Crippen LogP contribution is 2.14. The number of halogens is 2. The number of benzene rings is 1. The number of aryl methyl sites for hydroxylation is 1. The lowest BCUT2D eigenvalue weighted by atomic mass is 10.1. The average Bonchev–Trinajstić information content (AvgIpc) is 2.43. The van der Waals surface area contributed by atoms with Crippen LogP contribution in [0, 0.1) is 0 Å². The van der Waals surface area contributed by atoms with Crippen molar-refractivity contribution in [2.45, 2.75) is 37.6 Å². The molecule has 0 heterocycles. The second-order valence-corrected chi connectivity index (χ2v) is 5.97. The summed E-state index contributed by atoms with van der Waals surface area (Å²) >= 11 is 11.3. The van der Waals surface area contributed by atoms with Gasteiger partial charge in [-0.2, -0.15) is 0 Å². The Morgan fingerprint density at radius 2 is 1.85 bits per heavy atom.